The van der Waals surface area contributed by atoms with Crippen LogP contribution in [0.1, 0.15) is 129 Å². The molecule has 0 aliphatic carbocycles. The number of amides is 7. The van der Waals surface area contributed by atoms with Crippen LogP contribution in [0.25, 0.3) is 0 Å². The van der Waals surface area contributed by atoms with Crippen molar-refractivity contribution in [2.45, 2.75) is 120 Å². The van der Waals surface area contributed by atoms with Crippen LogP contribution in [-0.2, 0) is 34.0 Å². The zero-order chi connectivity index (χ0) is 45.6. The van der Waals surface area contributed by atoms with Crippen LogP contribution in [0.4, 0.5) is 5.69 Å². The molecule has 3 saturated heterocycles. The third kappa shape index (κ3) is 13.4. The van der Waals surface area contributed by atoms with Gasteiger partial charge in [-0.3, -0.25) is 49.1 Å². The molecule has 0 aromatic heterocycles. The van der Waals surface area contributed by atoms with Gasteiger partial charge in [0.1, 0.15) is 17.6 Å². The second kappa shape index (κ2) is 23.4. The maximum absolute atomic E-state index is 13.5. The molecule has 6 N–H and O–H groups in total. The van der Waals surface area contributed by atoms with Crippen molar-refractivity contribution in [3.8, 4) is 0 Å². The van der Waals surface area contributed by atoms with Crippen LogP contribution in [0.15, 0.2) is 48.5 Å². The standard InChI is InChI=1S/C45H62N8O9S2/c1-64(61,62)52-27-24-31(28-52)40(56)48-34(41(57)51-45-49-35(29-63-45)30-16-9-8-10-17-30)19-12-14-26-47-37(54)21-11-6-4-2-3-5-7-13-25-46-33-20-15-18-32-39(33)44(60)53(43(32)59)36-22-23-38(55)50-42(36)58/h8-10,15-18,20,31,34-36,45-46,49H,2-7,11-14,19,21-29H2,1H3,(H,47,54)(H,48,56)(H,51,57)(H,50,55,58)/t31?,34-,35?,36?,45?/m0/s1. The molecule has 0 saturated carbocycles. The van der Waals surface area contributed by atoms with Gasteiger partial charge in [0.05, 0.1) is 23.3 Å². The number of thioether (sulfide) groups is 1. The van der Waals surface area contributed by atoms with E-state index in [0.717, 1.165) is 73.8 Å². The quantitative estimate of drug-likeness (QED) is 0.0656. The van der Waals surface area contributed by atoms with Gasteiger partial charge in [-0.25, -0.2) is 12.7 Å². The molecule has 0 radical (unpaired) electrons. The summed E-state index contributed by atoms with van der Waals surface area (Å²) < 4.78 is 25.3. The van der Waals surface area contributed by atoms with Crippen molar-refractivity contribution in [1.82, 2.24) is 35.8 Å². The molecule has 4 aliphatic rings. The van der Waals surface area contributed by atoms with E-state index in [1.54, 1.807) is 30.0 Å². The number of carbonyl (C=O) groups excluding carboxylic acids is 7. The number of benzene rings is 2. The van der Waals surface area contributed by atoms with Gasteiger partial charge in [-0.15, -0.1) is 11.8 Å². The molecule has 4 aliphatic heterocycles. The van der Waals surface area contributed by atoms with Crippen molar-refractivity contribution in [3.63, 3.8) is 0 Å². The first kappa shape index (κ1) is 48.6. The van der Waals surface area contributed by atoms with Crippen molar-refractivity contribution in [1.29, 1.82) is 0 Å². The first-order valence-corrected chi connectivity index (χ1v) is 25.5. The maximum Gasteiger partial charge on any atom is 0.264 e. The third-order valence-corrected chi connectivity index (χ3v) is 14.6. The number of fused-ring (bicyclic) bond motifs is 1. The number of anilines is 1. The van der Waals surface area contributed by atoms with Crippen LogP contribution in [0.2, 0.25) is 0 Å². The lowest BCUT2D eigenvalue weighted by atomic mass is 10.0. The molecule has 2 aromatic carbocycles. The summed E-state index contributed by atoms with van der Waals surface area (Å²) >= 11 is 1.59. The van der Waals surface area contributed by atoms with Crippen LogP contribution >= 0.6 is 11.8 Å². The van der Waals surface area contributed by atoms with Crippen molar-refractivity contribution in [3.05, 3.63) is 65.2 Å². The number of nitrogens with zero attached hydrogens (tertiary/aromatic N) is 2. The lowest BCUT2D eigenvalue weighted by Gasteiger charge is -2.27. The van der Waals surface area contributed by atoms with Crippen LogP contribution in [0, 0.1) is 5.92 Å². The SMILES string of the molecule is CS(=O)(=O)N1CCC(C(=O)N[C@@H](CCCCNC(=O)CCCCCCCCCCNc2cccc3c2C(=O)N(C2CCC(=O)NC2=O)C3=O)C(=O)NC2NC(c3ccccc3)CS2)C1. The Hall–Kier alpha value is -4.85. The number of piperidine rings is 1. The Labute approximate surface area is 379 Å². The van der Waals surface area contributed by atoms with E-state index in [1.807, 2.05) is 30.3 Å². The maximum atomic E-state index is 13.5. The summed E-state index contributed by atoms with van der Waals surface area (Å²) in [6.45, 7) is 1.45. The van der Waals surface area contributed by atoms with Crippen molar-refractivity contribution < 1.29 is 42.0 Å². The van der Waals surface area contributed by atoms with E-state index in [1.165, 1.54) is 4.31 Å². The highest BCUT2D eigenvalue weighted by Crippen LogP contribution is 2.33. The lowest BCUT2D eigenvalue weighted by Crippen LogP contribution is -2.54. The highest BCUT2D eigenvalue weighted by Gasteiger charge is 2.45. The summed E-state index contributed by atoms with van der Waals surface area (Å²) in [5.41, 5.74) is 1.88. The summed E-state index contributed by atoms with van der Waals surface area (Å²) in [7, 11) is -3.42. The number of rotatable bonds is 24. The third-order valence-electron chi connectivity index (χ3n) is 12.2. The summed E-state index contributed by atoms with van der Waals surface area (Å²) in [6, 6.07) is 13.3. The summed E-state index contributed by atoms with van der Waals surface area (Å²) in [5.74, 6) is -2.50. The first-order valence-electron chi connectivity index (χ1n) is 22.6. The molecule has 4 heterocycles. The molecule has 19 heteroatoms. The molecule has 3 fully saturated rings. The first-order chi connectivity index (χ1) is 30.8. The highest BCUT2D eigenvalue weighted by atomic mass is 32.2. The Bertz CT molecular complexity index is 2120. The van der Waals surface area contributed by atoms with E-state index in [0.29, 0.717) is 50.9 Å². The molecule has 7 amide bonds. The minimum atomic E-state index is -3.42. The van der Waals surface area contributed by atoms with E-state index in [2.05, 4.69) is 31.9 Å². The second-order valence-electron chi connectivity index (χ2n) is 17.0. The average Bonchev–Trinajstić information content (AvgIpc) is 4.02. The predicted molar refractivity (Wildman–Crippen MR) is 243 cm³/mol. The Morgan fingerprint density at radius 3 is 2.28 bits per heavy atom. The summed E-state index contributed by atoms with van der Waals surface area (Å²) in [6.07, 6.45) is 11.6. The topological polar surface area (TPSA) is 232 Å². The van der Waals surface area contributed by atoms with Crippen LogP contribution < -0.4 is 31.9 Å². The Balaban J connectivity index is 0.816. The van der Waals surface area contributed by atoms with Crippen molar-refractivity contribution in [2.24, 2.45) is 5.92 Å². The van der Waals surface area contributed by atoms with Gasteiger partial charge in [-0.2, -0.15) is 0 Å². The van der Waals surface area contributed by atoms with Crippen LogP contribution in [0.5, 0.6) is 0 Å². The van der Waals surface area contributed by atoms with Gasteiger partial charge < -0.3 is 21.3 Å². The number of unbranched alkanes of at least 4 members (excludes halogenated alkanes) is 8. The van der Waals surface area contributed by atoms with E-state index in [-0.39, 0.29) is 66.3 Å². The van der Waals surface area contributed by atoms with Crippen molar-refractivity contribution in [2.75, 3.05) is 43.5 Å². The molecule has 64 heavy (non-hydrogen) atoms. The van der Waals surface area contributed by atoms with Crippen LogP contribution in [-0.4, -0.2) is 115 Å². The molecule has 17 nitrogen and oxygen atoms in total. The molecule has 2 aromatic rings. The zero-order valence-corrected chi connectivity index (χ0v) is 38.2. The smallest absolute Gasteiger partial charge is 0.264 e. The molecular weight excluding hydrogens is 861 g/mol. The molecule has 6 rings (SSSR count). The Morgan fingerprint density at radius 2 is 1.56 bits per heavy atom. The van der Waals surface area contributed by atoms with E-state index >= 15 is 0 Å². The largest absolute Gasteiger partial charge is 0.384 e. The van der Waals surface area contributed by atoms with Gasteiger partial charge in [-0.1, -0.05) is 74.9 Å². The van der Waals surface area contributed by atoms with Gasteiger partial charge in [0.15, 0.2) is 0 Å². The fraction of sp³-hybridized carbons (Fsp3) is 0.578. The van der Waals surface area contributed by atoms with E-state index < -0.39 is 51.7 Å². The Kier molecular flexibility index (Phi) is 17.7. The second-order valence-corrected chi connectivity index (χ2v) is 20.2. The number of carbonyl (C=O) groups is 7. The number of hydrogen-bond acceptors (Lipinski definition) is 12. The Morgan fingerprint density at radius 1 is 0.844 bits per heavy atom. The van der Waals surface area contributed by atoms with Gasteiger partial charge in [0.25, 0.3) is 11.8 Å². The van der Waals surface area contributed by atoms with E-state index in [4.69, 9.17) is 0 Å². The minimum absolute atomic E-state index is 0.0112. The van der Waals surface area contributed by atoms with Gasteiger partial charge in [-0.05, 0) is 62.6 Å². The van der Waals surface area contributed by atoms with Gasteiger partial charge in [0.2, 0.25) is 39.6 Å². The fourth-order valence-corrected chi connectivity index (χ4v) is 10.6. The molecule has 4 unspecified atom stereocenters. The molecule has 5 atom stereocenters. The molecule has 0 bridgehead atoms. The number of hydrogen-bond donors (Lipinski definition) is 6. The number of nitrogens with one attached hydrogen (secondary N) is 6. The highest BCUT2D eigenvalue weighted by molar-refractivity contribution is 8.00. The number of sulfonamides is 1. The monoisotopic (exact) mass is 922 g/mol. The average molecular weight is 923 g/mol. The molecule has 348 valence electrons. The molecular formula is C45H62N8O9S2. The van der Waals surface area contributed by atoms with Crippen molar-refractivity contribution >= 4 is 68.8 Å². The van der Waals surface area contributed by atoms with Gasteiger partial charge >= 0.3 is 0 Å². The normalized spacial score (nSPS) is 21.7. The summed E-state index contributed by atoms with van der Waals surface area (Å²) in [5, 5.41) is 17.9. The fourth-order valence-electron chi connectivity index (χ4n) is 8.61. The lowest BCUT2D eigenvalue weighted by molar-refractivity contribution is -0.136. The van der Waals surface area contributed by atoms with Gasteiger partial charge in [0, 0.05) is 56.5 Å². The predicted octanol–water partition coefficient (Wildman–Crippen LogP) is 3.54. The van der Waals surface area contributed by atoms with Crippen LogP contribution in [0.3, 0.4) is 0 Å². The molecule has 0 spiro atoms. The zero-order valence-electron chi connectivity index (χ0n) is 36.5. The number of imide groups is 2. The van der Waals surface area contributed by atoms with E-state index in [9.17, 15) is 42.0 Å². The summed E-state index contributed by atoms with van der Waals surface area (Å²) in [4.78, 5) is 90.6. The minimum Gasteiger partial charge on any atom is -0.384 e.